The van der Waals surface area contributed by atoms with Crippen molar-refractivity contribution in [2.45, 2.75) is 0 Å². The van der Waals surface area contributed by atoms with E-state index in [-0.39, 0.29) is 0 Å². The average Bonchev–Trinajstić information content (AvgIpc) is 1.60. The zero-order valence-electron chi connectivity index (χ0n) is 67.5. The normalized spacial score (nSPS) is 11.5. The van der Waals surface area contributed by atoms with E-state index in [0.717, 1.165) is 101 Å². The minimum absolute atomic E-state index is 0.701. The van der Waals surface area contributed by atoms with Crippen LogP contribution in [0, 0.1) is 0 Å². The van der Waals surface area contributed by atoms with Gasteiger partial charge in [0.25, 0.3) is 0 Å². The average molecular weight is 1580 g/mol. The lowest BCUT2D eigenvalue weighted by Gasteiger charge is -2.12. The molecule has 6 aromatic heterocycles. The van der Waals surface area contributed by atoms with Crippen molar-refractivity contribution in [3.8, 4) is 135 Å². The molecule has 0 aliphatic heterocycles. The van der Waals surface area contributed by atoms with Gasteiger partial charge < -0.3 is 18.3 Å². The molecule has 6 heterocycles. The lowest BCUT2D eigenvalue weighted by atomic mass is 10.00. The number of hydrogen-bond acceptors (Lipinski definition) is 4. The van der Waals surface area contributed by atoms with Gasteiger partial charge in [-0.1, -0.05) is 334 Å². The van der Waals surface area contributed by atoms with Crippen LogP contribution in [0.4, 0.5) is 0 Å². The van der Waals surface area contributed by atoms with Crippen molar-refractivity contribution >= 4 is 87.2 Å². The first-order valence-corrected chi connectivity index (χ1v) is 42.1. The molecular formula is C116H76N8. The molecule has 8 heteroatoms. The van der Waals surface area contributed by atoms with Gasteiger partial charge in [-0.05, 0) is 172 Å². The Hall–Kier alpha value is -16.7. The van der Waals surface area contributed by atoms with Crippen LogP contribution in [0.3, 0.4) is 0 Å². The van der Waals surface area contributed by atoms with Crippen LogP contribution < -0.4 is 0 Å². The Bertz CT molecular complexity index is 8060. The summed E-state index contributed by atoms with van der Waals surface area (Å²) in [5.41, 5.74) is 33.1. The summed E-state index contributed by atoms with van der Waals surface area (Å²) in [5.74, 6) is 1.41. The lowest BCUT2D eigenvalue weighted by molar-refractivity contribution is 1.18. The maximum Gasteiger partial charge on any atom is 0.160 e. The van der Waals surface area contributed by atoms with Crippen molar-refractivity contribution in [3.05, 3.63) is 461 Å². The zero-order valence-corrected chi connectivity index (χ0v) is 67.5. The molecule has 0 atom stereocenters. The van der Waals surface area contributed by atoms with E-state index in [1.165, 1.54) is 109 Å². The van der Waals surface area contributed by atoms with Crippen LogP contribution >= 0.6 is 0 Å². The number of aromatic nitrogens is 8. The molecule has 0 bridgehead atoms. The smallest absolute Gasteiger partial charge is 0.160 e. The molecule has 18 aromatic carbocycles. The summed E-state index contributed by atoms with van der Waals surface area (Å²) in [4.78, 5) is 20.3. The quantitative estimate of drug-likeness (QED) is 0.109. The Morgan fingerprint density at radius 1 is 0.121 bits per heavy atom. The third-order valence-corrected chi connectivity index (χ3v) is 24.3. The van der Waals surface area contributed by atoms with Crippen LogP contribution in [0.2, 0.25) is 0 Å². The van der Waals surface area contributed by atoms with E-state index < -0.39 is 0 Å². The predicted octanol–water partition coefficient (Wildman–Crippen LogP) is 30.0. The third-order valence-electron chi connectivity index (χ3n) is 24.3. The van der Waals surface area contributed by atoms with Gasteiger partial charge in [0.15, 0.2) is 11.6 Å². The standard InChI is InChI=1S/2C58H38N4/c1-4-15-40(16-5-1)52-38-53(41-17-6-2-7-18-41)60-58(59-52)45-20-14-19-42(35-45)43-30-34-56-51(36-43)49-24-11-13-26-55(49)61(56)47-31-27-39(28-32-47)44-29-33-50-48-23-10-12-25-54(48)62(57(50)37-44)46-21-8-3-9-22-46;1-4-15-40(16-5-1)52-38-53(41-17-6-2-7-18-41)60-58(59-52)42-29-27-39(28-30-42)44-32-34-56-51(36-44)49-24-11-13-26-55(49)62(56)47-22-14-19-43(35-47)45-31-33-50-48-23-10-12-25-54(48)61(57(50)37-45)46-20-8-3-9-21-46/h2*1-38H. The van der Waals surface area contributed by atoms with Crippen LogP contribution in [0.1, 0.15) is 0 Å². The fraction of sp³-hybridized carbons (Fsp3) is 0. The van der Waals surface area contributed by atoms with Gasteiger partial charge in [-0.15, -0.1) is 0 Å². The molecule has 0 saturated heterocycles. The van der Waals surface area contributed by atoms with E-state index in [9.17, 15) is 0 Å². The summed E-state index contributed by atoms with van der Waals surface area (Å²) in [6, 6.07) is 164. The molecule has 24 rings (SSSR count). The molecule has 0 aliphatic carbocycles. The lowest BCUT2D eigenvalue weighted by Crippen LogP contribution is -1.96. The second-order valence-corrected chi connectivity index (χ2v) is 31.7. The molecule has 0 N–H and O–H groups in total. The summed E-state index contributed by atoms with van der Waals surface area (Å²) in [7, 11) is 0. The highest BCUT2D eigenvalue weighted by Crippen LogP contribution is 2.43. The first-order chi connectivity index (χ1) is 61.5. The molecule has 24 aromatic rings. The maximum atomic E-state index is 5.11. The van der Waals surface area contributed by atoms with Gasteiger partial charge in [0.05, 0.1) is 66.9 Å². The molecule has 0 radical (unpaired) electrons. The largest absolute Gasteiger partial charge is 0.309 e. The minimum Gasteiger partial charge on any atom is -0.309 e. The number of benzene rings is 18. The van der Waals surface area contributed by atoms with Crippen LogP contribution in [-0.4, -0.2) is 38.2 Å². The van der Waals surface area contributed by atoms with Crippen molar-refractivity contribution in [3.63, 3.8) is 0 Å². The van der Waals surface area contributed by atoms with E-state index >= 15 is 0 Å². The van der Waals surface area contributed by atoms with Gasteiger partial charge in [-0.25, -0.2) is 19.9 Å². The fourth-order valence-electron chi connectivity index (χ4n) is 18.3. The molecule has 0 aliphatic rings. The number of para-hydroxylation sites is 6. The van der Waals surface area contributed by atoms with Crippen molar-refractivity contribution in [2.24, 2.45) is 0 Å². The predicted molar refractivity (Wildman–Crippen MR) is 516 cm³/mol. The number of nitrogens with zero attached hydrogens (tertiary/aromatic N) is 8. The molecular weight excluding hydrogens is 1510 g/mol. The van der Waals surface area contributed by atoms with Gasteiger partial charge in [0, 0.05) is 99.2 Å². The molecule has 0 spiro atoms. The van der Waals surface area contributed by atoms with E-state index in [0.29, 0.717) is 11.6 Å². The minimum atomic E-state index is 0.701. The third kappa shape index (κ3) is 13.1. The molecule has 0 saturated carbocycles. The first-order valence-electron chi connectivity index (χ1n) is 42.1. The molecule has 0 unspecified atom stereocenters. The Balaban J connectivity index is 0.000000143. The number of rotatable bonds is 14. The monoisotopic (exact) mass is 1580 g/mol. The summed E-state index contributed by atoms with van der Waals surface area (Å²) >= 11 is 0. The Kier molecular flexibility index (Phi) is 18.1. The Morgan fingerprint density at radius 2 is 0.371 bits per heavy atom. The van der Waals surface area contributed by atoms with Crippen LogP contribution in [0.15, 0.2) is 461 Å². The second kappa shape index (κ2) is 30.9. The van der Waals surface area contributed by atoms with E-state index in [4.69, 9.17) is 19.9 Å². The summed E-state index contributed by atoms with van der Waals surface area (Å²) in [6.45, 7) is 0. The fourth-order valence-corrected chi connectivity index (χ4v) is 18.3. The van der Waals surface area contributed by atoms with E-state index in [1.807, 2.05) is 48.5 Å². The van der Waals surface area contributed by atoms with Crippen LogP contribution in [0.5, 0.6) is 0 Å². The van der Waals surface area contributed by atoms with Crippen LogP contribution in [-0.2, 0) is 0 Å². The van der Waals surface area contributed by atoms with Gasteiger partial charge in [0.1, 0.15) is 0 Å². The molecule has 8 nitrogen and oxygen atoms in total. The van der Waals surface area contributed by atoms with E-state index in [1.54, 1.807) is 0 Å². The van der Waals surface area contributed by atoms with Crippen molar-refractivity contribution in [1.29, 1.82) is 0 Å². The highest BCUT2D eigenvalue weighted by Gasteiger charge is 2.22. The highest BCUT2D eigenvalue weighted by atomic mass is 15.0. The van der Waals surface area contributed by atoms with Crippen molar-refractivity contribution in [1.82, 2.24) is 38.2 Å². The highest BCUT2D eigenvalue weighted by molar-refractivity contribution is 6.14. The van der Waals surface area contributed by atoms with Gasteiger partial charge in [-0.3, -0.25) is 0 Å². The SMILES string of the molecule is c1ccc(-c2cc(-c3ccccc3)nc(-c3ccc(-c4ccc5c(c4)c4ccccc4n5-c4cccc(-c5ccc6c7ccccc7n(-c7ccccc7)c6c5)c4)cc3)n2)cc1.c1ccc(-c2cc(-c3ccccc3)nc(-c3cccc(-c4ccc5c(c4)c4ccccc4n5-c4ccc(-c5ccc6c7ccccc7n(-c7ccccc7)c6c5)cc4)c3)n2)cc1. The number of hydrogen-bond donors (Lipinski definition) is 0. The number of fused-ring (bicyclic) bond motifs is 12. The summed E-state index contributed by atoms with van der Waals surface area (Å²) in [5, 5.41) is 9.88. The first kappa shape index (κ1) is 72.5. The summed E-state index contributed by atoms with van der Waals surface area (Å²) < 4.78 is 9.56. The van der Waals surface area contributed by atoms with Gasteiger partial charge in [-0.2, -0.15) is 0 Å². The molecule has 0 fully saturated rings. The topological polar surface area (TPSA) is 71.3 Å². The van der Waals surface area contributed by atoms with Crippen molar-refractivity contribution in [2.75, 3.05) is 0 Å². The van der Waals surface area contributed by atoms with Gasteiger partial charge >= 0.3 is 0 Å². The maximum absolute atomic E-state index is 5.11. The van der Waals surface area contributed by atoms with Crippen molar-refractivity contribution < 1.29 is 0 Å². The van der Waals surface area contributed by atoms with Crippen LogP contribution in [0.25, 0.3) is 222 Å². The van der Waals surface area contributed by atoms with E-state index in [2.05, 4.69) is 431 Å². The molecule has 580 valence electrons. The summed E-state index contributed by atoms with van der Waals surface area (Å²) in [6.07, 6.45) is 0. The Morgan fingerprint density at radius 3 is 0.806 bits per heavy atom. The molecule has 0 amide bonds. The zero-order chi connectivity index (χ0) is 82.0. The molecule has 124 heavy (non-hydrogen) atoms. The second-order valence-electron chi connectivity index (χ2n) is 31.7. The Labute approximate surface area is 716 Å². The van der Waals surface area contributed by atoms with Gasteiger partial charge in [0.2, 0.25) is 0 Å².